The molecule has 0 spiro atoms. The number of hydrogen-bond acceptors (Lipinski definition) is 3. The molecule has 1 atom stereocenters. The van der Waals surface area contributed by atoms with Crippen LogP contribution in [0.5, 0.6) is 5.75 Å². The SMILES string of the molecule is CC(C(=O)NC1CCCC1)N(Cc1ccc(F)cc1)C(=O)COc1ccc(C(C)(C)C)cc1. The van der Waals surface area contributed by atoms with Crippen LogP contribution >= 0.6 is 0 Å². The largest absolute Gasteiger partial charge is 0.484 e. The minimum Gasteiger partial charge on any atom is -0.484 e. The first kappa shape index (κ1) is 24.7. The lowest BCUT2D eigenvalue weighted by atomic mass is 9.87. The van der Waals surface area contributed by atoms with Crippen molar-refractivity contribution >= 4 is 11.8 Å². The maximum atomic E-state index is 13.3. The number of nitrogens with one attached hydrogen (secondary N) is 1. The first-order chi connectivity index (χ1) is 15.6. The fourth-order valence-electron chi connectivity index (χ4n) is 4.04. The summed E-state index contributed by atoms with van der Waals surface area (Å²) in [5.74, 6) is -0.216. The molecule has 1 aliphatic rings. The number of amides is 2. The lowest BCUT2D eigenvalue weighted by Gasteiger charge is -2.29. The van der Waals surface area contributed by atoms with Crippen molar-refractivity contribution in [1.82, 2.24) is 10.2 Å². The monoisotopic (exact) mass is 454 g/mol. The molecule has 6 heteroatoms. The van der Waals surface area contributed by atoms with Gasteiger partial charge in [-0.1, -0.05) is 57.9 Å². The molecule has 0 bridgehead atoms. The zero-order valence-electron chi connectivity index (χ0n) is 20.1. The van der Waals surface area contributed by atoms with Crippen molar-refractivity contribution < 1.29 is 18.7 Å². The Morgan fingerprint density at radius 3 is 2.24 bits per heavy atom. The van der Waals surface area contributed by atoms with Crippen molar-refractivity contribution in [2.75, 3.05) is 6.61 Å². The second kappa shape index (κ2) is 10.8. The van der Waals surface area contributed by atoms with Gasteiger partial charge in [0, 0.05) is 12.6 Å². The molecule has 178 valence electrons. The third kappa shape index (κ3) is 7.04. The van der Waals surface area contributed by atoms with Gasteiger partial charge in [-0.05, 0) is 60.6 Å². The van der Waals surface area contributed by atoms with Gasteiger partial charge in [-0.3, -0.25) is 9.59 Å². The van der Waals surface area contributed by atoms with Crippen LogP contribution in [0, 0.1) is 5.82 Å². The van der Waals surface area contributed by atoms with Gasteiger partial charge < -0.3 is 15.0 Å². The minimum atomic E-state index is -0.671. The summed E-state index contributed by atoms with van der Waals surface area (Å²) in [5.41, 5.74) is 1.96. The summed E-state index contributed by atoms with van der Waals surface area (Å²) in [6.07, 6.45) is 4.16. The van der Waals surface area contributed by atoms with Crippen LogP contribution in [-0.2, 0) is 21.5 Å². The molecule has 0 radical (unpaired) electrons. The molecule has 1 N–H and O–H groups in total. The van der Waals surface area contributed by atoms with E-state index >= 15 is 0 Å². The number of hydrogen-bond donors (Lipinski definition) is 1. The summed E-state index contributed by atoms with van der Waals surface area (Å²) in [5, 5.41) is 3.07. The zero-order chi connectivity index (χ0) is 24.0. The van der Waals surface area contributed by atoms with Crippen LogP contribution in [0.3, 0.4) is 0 Å². The van der Waals surface area contributed by atoms with E-state index in [1.807, 2.05) is 24.3 Å². The van der Waals surface area contributed by atoms with Gasteiger partial charge in [0.05, 0.1) is 0 Å². The number of ether oxygens (including phenoxy) is 1. The van der Waals surface area contributed by atoms with Gasteiger partial charge in [0.1, 0.15) is 17.6 Å². The molecular formula is C27H35FN2O3. The maximum absolute atomic E-state index is 13.3. The van der Waals surface area contributed by atoms with E-state index in [0.717, 1.165) is 31.2 Å². The molecule has 0 aliphatic heterocycles. The molecule has 1 aliphatic carbocycles. The maximum Gasteiger partial charge on any atom is 0.261 e. The summed E-state index contributed by atoms with van der Waals surface area (Å²) in [7, 11) is 0. The van der Waals surface area contributed by atoms with Gasteiger partial charge in [0.25, 0.3) is 5.91 Å². The van der Waals surface area contributed by atoms with E-state index in [2.05, 4.69) is 26.1 Å². The van der Waals surface area contributed by atoms with Crippen molar-refractivity contribution in [3.05, 3.63) is 65.5 Å². The molecule has 0 heterocycles. The molecule has 5 nitrogen and oxygen atoms in total. The van der Waals surface area contributed by atoms with Crippen molar-refractivity contribution in [1.29, 1.82) is 0 Å². The molecule has 0 aromatic heterocycles. The van der Waals surface area contributed by atoms with E-state index in [1.54, 1.807) is 19.1 Å². The average Bonchev–Trinajstić information content (AvgIpc) is 3.29. The zero-order valence-corrected chi connectivity index (χ0v) is 20.1. The van der Waals surface area contributed by atoms with Gasteiger partial charge in [-0.25, -0.2) is 4.39 Å². The normalized spacial score (nSPS) is 15.2. The Bertz CT molecular complexity index is 929. The Kier molecular flexibility index (Phi) is 8.11. The fraction of sp³-hybridized carbons (Fsp3) is 0.481. The Balaban J connectivity index is 1.69. The van der Waals surface area contributed by atoms with E-state index in [1.165, 1.54) is 22.6 Å². The van der Waals surface area contributed by atoms with Crippen molar-refractivity contribution in [3.8, 4) is 5.75 Å². The topological polar surface area (TPSA) is 58.6 Å². The Labute approximate surface area is 196 Å². The van der Waals surface area contributed by atoms with Gasteiger partial charge in [-0.15, -0.1) is 0 Å². The van der Waals surface area contributed by atoms with Crippen LogP contribution in [0.2, 0.25) is 0 Å². The Morgan fingerprint density at radius 2 is 1.67 bits per heavy atom. The summed E-state index contributed by atoms with van der Waals surface area (Å²) in [4.78, 5) is 27.5. The van der Waals surface area contributed by atoms with Crippen molar-refractivity contribution in [2.45, 2.75) is 77.4 Å². The lowest BCUT2D eigenvalue weighted by molar-refractivity contribution is -0.142. The van der Waals surface area contributed by atoms with Gasteiger partial charge in [-0.2, -0.15) is 0 Å². The molecule has 2 amide bonds. The van der Waals surface area contributed by atoms with Gasteiger partial charge >= 0.3 is 0 Å². The molecular weight excluding hydrogens is 419 g/mol. The standard InChI is InChI=1S/C27H35FN2O3/c1-19(26(32)29-23-7-5-6-8-23)30(17-20-9-13-22(28)14-10-20)25(31)18-33-24-15-11-21(12-16-24)27(2,3)4/h9-16,19,23H,5-8,17-18H2,1-4H3,(H,29,32). The fourth-order valence-corrected chi connectivity index (χ4v) is 4.04. The smallest absolute Gasteiger partial charge is 0.261 e. The van der Waals surface area contributed by atoms with Crippen molar-refractivity contribution in [3.63, 3.8) is 0 Å². The van der Waals surface area contributed by atoms with Crippen LogP contribution in [0.1, 0.15) is 64.5 Å². The molecule has 1 saturated carbocycles. The minimum absolute atomic E-state index is 0.0302. The number of carbonyl (C=O) groups excluding carboxylic acids is 2. The van der Waals surface area contributed by atoms with E-state index in [0.29, 0.717) is 5.75 Å². The highest BCUT2D eigenvalue weighted by molar-refractivity contribution is 5.88. The van der Waals surface area contributed by atoms with Crippen molar-refractivity contribution in [2.24, 2.45) is 0 Å². The third-order valence-corrected chi connectivity index (χ3v) is 6.22. The molecule has 0 saturated heterocycles. The van der Waals surface area contributed by atoms with Crippen LogP contribution in [0.15, 0.2) is 48.5 Å². The number of nitrogens with zero attached hydrogens (tertiary/aromatic N) is 1. The van der Waals surface area contributed by atoms with Crippen LogP contribution in [-0.4, -0.2) is 35.4 Å². The summed E-state index contributed by atoms with van der Waals surface area (Å²) < 4.78 is 19.1. The predicted octanol–water partition coefficient (Wildman–Crippen LogP) is 4.98. The highest BCUT2D eigenvalue weighted by atomic mass is 19.1. The van der Waals surface area contributed by atoms with Gasteiger partial charge in [0.15, 0.2) is 6.61 Å². The Morgan fingerprint density at radius 1 is 1.06 bits per heavy atom. The predicted molar refractivity (Wildman–Crippen MR) is 127 cm³/mol. The van der Waals surface area contributed by atoms with Gasteiger partial charge in [0.2, 0.25) is 5.91 Å². The number of halogens is 1. The highest BCUT2D eigenvalue weighted by Crippen LogP contribution is 2.24. The molecule has 1 unspecified atom stereocenters. The lowest BCUT2D eigenvalue weighted by Crippen LogP contribution is -2.50. The second-order valence-corrected chi connectivity index (χ2v) is 9.88. The Hall–Kier alpha value is -2.89. The molecule has 3 rings (SSSR count). The number of carbonyl (C=O) groups is 2. The first-order valence-corrected chi connectivity index (χ1v) is 11.7. The summed E-state index contributed by atoms with van der Waals surface area (Å²) in [6.45, 7) is 8.15. The molecule has 2 aromatic rings. The molecule has 2 aromatic carbocycles. The van der Waals surface area contributed by atoms with Crippen LogP contribution < -0.4 is 10.1 Å². The van der Waals surface area contributed by atoms with E-state index in [9.17, 15) is 14.0 Å². The molecule has 1 fully saturated rings. The molecule has 33 heavy (non-hydrogen) atoms. The quantitative estimate of drug-likeness (QED) is 0.612. The van der Waals surface area contributed by atoms with Crippen LogP contribution in [0.25, 0.3) is 0 Å². The summed E-state index contributed by atoms with van der Waals surface area (Å²) in [6, 6.07) is 13.2. The van der Waals surface area contributed by atoms with E-state index in [-0.39, 0.29) is 42.2 Å². The van der Waals surface area contributed by atoms with E-state index in [4.69, 9.17) is 4.74 Å². The van der Waals surface area contributed by atoms with E-state index < -0.39 is 6.04 Å². The van der Waals surface area contributed by atoms with Crippen LogP contribution in [0.4, 0.5) is 4.39 Å². The third-order valence-electron chi connectivity index (χ3n) is 6.22. The highest BCUT2D eigenvalue weighted by Gasteiger charge is 2.28. The average molecular weight is 455 g/mol. The number of rotatable bonds is 8. The number of benzene rings is 2. The first-order valence-electron chi connectivity index (χ1n) is 11.7. The second-order valence-electron chi connectivity index (χ2n) is 9.88. The summed E-state index contributed by atoms with van der Waals surface area (Å²) >= 11 is 0.